The van der Waals surface area contributed by atoms with Crippen molar-refractivity contribution < 1.29 is 9.59 Å². The molecule has 4 rings (SSSR count). The minimum Gasteiger partial charge on any atom is -0.359 e. The van der Waals surface area contributed by atoms with E-state index in [9.17, 15) is 9.59 Å². The molecular formula is C17H15BrN2O2. The molecule has 0 aliphatic carbocycles. The van der Waals surface area contributed by atoms with Crippen molar-refractivity contribution in [3.8, 4) is 0 Å². The first-order valence-corrected chi connectivity index (χ1v) is 8.08. The van der Waals surface area contributed by atoms with Crippen LogP contribution < -0.4 is 5.32 Å². The predicted octanol–water partition coefficient (Wildman–Crippen LogP) is 2.71. The van der Waals surface area contributed by atoms with E-state index in [4.69, 9.17) is 0 Å². The summed E-state index contributed by atoms with van der Waals surface area (Å²) in [5, 5.41) is 2.99. The van der Waals surface area contributed by atoms with Crippen LogP contribution in [0.2, 0.25) is 0 Å². The fourth-order valence-electron chi connectivity index (χ4n) is 4.01. The molecule has 1 amide bonds. The molecule has 0 aromatic heterocycles. The normalized spacial score (nSPS) is 31.8. The standard InChI is InChI=1S/C17H15BrN2O2/c1-10(21)14-9-17(15-12(18)6-4-8-20(14)15)11-5-2-3-7-13(11)19-16(17)22/h2-8,14-15H,9H2,1H3,(H,19,22)/t14-,15+,17+/m1/s1. The predicted molar refractivity (Wildman–Crippen MR) is 87.6 cm³/mol. The van der Waals surface area contributed by atoms with Crippen molar-refractivity contribution in [1.82, 2.24) is 4.90 Å². The van der Waals surface area contributed by atoms with E-state index in [1.54, 1.807) is 6.92 Å². The number of ketones is 1. The number of allylic oxidation sites excluding steroid dienone is 2. The van der Waals surface area contributed by atoms with Crippen LogP contribution in [0.15, 0.2) is 47.1 Å². The summed E-state index contributed by atoms with van der Waals surface area (Å²) in [5.41, 5.74) is 1.12. The molecule has 0 unspecified atom stereocenters. The van der Waals surface area contributed by atoms with E-state index in [2.05, 4.69) is 21.2 Å². The maximum Gasteiger partial charge on any atom is 0.237 e. The van der Waals surface area contributed by atoms with Gasteiger partial charge in [-0.05, 0) is 37.1 Å². The molecular weight excluding hydrogens is 344 g/mol. The molecule has 3 aliphatic rings. The first kappa shape index (κ1) is 13.8. The molecule has 0 bridgehead atoms. The van der Waals surface area contributed by atoms with Gasteiger partial charge in [0.1, 0.15) is 5.41 Å². The molecule has 3 atom stereocenters. The summed E-state index contributed by atoms with van der Waals surface area (Å²) in [7, 11) is 0. The third-order valence-corrected chi connectivity index (χ3v) is 5.64. The highest BCUT2D eigenvalue weighted by molar-refractivity contribution is 9.11. The Labute approximate surface area is 137 Å². The lowest BCUT2D eigenvalue weighted by molar-refractivity contribution is -0.121. The number of hydrogen-bond donors (Lipinski definition) is 1. The maximum atomic E-state index is 12.9. The Morgan fingerprint density at radius 2 is 2.18 bits per heavy atom. The van der Waals surface area contributed by atoms with E-state index < -0.39 is 5.41 Å². The lowest BCUT2D eigenvalue weighted by atomic mass is 9.73. The molecule has 1 spiro atoms. The number of benzene rings is 1. The van der Waals surface area contributed by atoms with Crippen LogP contribution in [0.3, 0.4) is 0 Å². The van der Waals surface area contributed by atoms with E-state index >= 15 is 0 Å². The van der Waals surface area contributed by atoms with E-state index in [1.807, 2.05) is 47.5 Å². The molecule has 0 radical (unpaired) electrons. The zero-order valence-corrected chi connectivity index (χ0v) is 13.6. The minimum absolute atomic E-state index is 0.0203. The number of carbonyl (C=O) groups is 2. The molecule has 4 nitrogen and oxygen atoms in total. The van der Waals surface area contributed by atoms with E-state index in [1.165, 1.54) is 0 Å². The van der Waals surface area contributed by atoms with Crippen LogP contribution >= 0.6 is 15.9 Å². The first-order chi connectivity index (χ1) is 10.6. The van der Waals surface area contributed by atoms with E-state index in [-0.39, 0.29) is 23.8 Å². The average molecular weight is 359 g/mol. The van der Waals surface area contributed by atoms with Crippen molar-refractivity contribution in [2.45, 2.75) is 30.8 Å². The summed E-state index contributed by atoms with van der Waals surface area (Å²) in [6, 6.07) is 7.33. The lowest BCUT2D eigenvalue weighted by Gasteiger charge is -2.35. The van der Waals surface area contributed by atoms with Gasteiger partial charge in [0, 0.05) is 16.4 Å². The maximum absolute atomic E-state index is 12.9. The molecule has 22 heavy (non-hydrogen) atoms. The number of amides is 1. The average Bonchev–Trinajstić information content (AvgIpc) is 2.98. The van der Waals surface area contributed by atoms with Crippen LogP contribution in [0.1, 0.15) is 18.9 Å². The second kappa shape index (κ2) is 4.56. The zero-order valence-electron chi connectivity index (χ0n) is 12.0. The Balaban J connectivity index is 1.95. The summed E-state index contributed by atoms with van der Waals surface area (Å²) in [6.07, 6.45) is 6.29. The molecule has 112 valence electrons. The first-order valence-electron chi connectivity index (χ1n) is 7.28. The third kappa shape index (κ3) is 1.57. The number of Topliss-reactive ketones (excluding diaryl/α,β-unsaturated/α-hetero) is 1. The Hall–Kier alpha value is -1.88. The smallest absolute Gasteiger partial charge is 0.237 e. The SMILES string of the molecule is CC(=O)[C@H]1C[C@@]2(C(=O)Nc3ccccc32)[C@@H]2C(Br)=CC=CN12. The van der Waals surface area contributed by atoms with Crippen LogP contribution in [0.5, 0.6) is 0 Å². The number of nitrogens with zero attached hydrogens (tertiary/aromatic N) is 1. The molecule has 1 aromatic rings. The van der Waals surface area contributed by atoms with Crippen molar-refractivity contribution in [2.75, 3.05) is 5.32 Å². The monoisotopic (exact) mass is 358 g/mol. The highest BCUT2D eigenvalue weighted by Crippen LogP contribution is 2.54. The number of rotatable bonds is 1. The molecule has 0 saturated carbocycles. The number of hydrogen-bond acceptors (Lipinski definition) is 3. The van der Waals surface area contributed by atoms with Gasteiger partial charge in [-0.2, -0.15) is 0 Å². The molecule has 1 fully saturated rings. The zero-order chi connectivity index (χ0) is 15.5. The number of nitrogens with one attached hydrogen (secondary N) is 1. The Morgan fingerprint density at radius 1 is 1.41 bits per heavy atom. The number of halogens is 1. The summed E-state index contributed by atoms with van der Waals surface area (Å²) >= 11 is 3.61. The van der Waals surface area contributed by atoms with Crippen molar-refractivity contribution >= 4 is 33.3 Å². The topological polar surface area (TPSA) is 49.4 Å². The Morgan fingerprint density at radius 3 is 2.95 bits per heavy atom. The van der Waals surface area contributed by atoms with Gasteiger partial charge in [-0.25, -0.2) is 0 Å². The van der Waals surface area contributed by atoms with Crippen LogP contribution in [-0.4, -0.2) is 28.7 Å². The Bertz CT molecular complexity index is 755. The van der Waals surface area contributed by atoms with Crippen LogP contribution in [0, 0.1) is 0 Å². The number of carbonyl (C=O) groups excluding carboxylic acids is 2. The quantitative estimate of drug-likeness (QED) is 0.839. The number of para-hydroxylation sites is 1. The van der Waals surface area contributed by atoms with E-state index in [0.29, 0.717) is 6.42 Å². The van der Waals surface area contributed by atoms with Gasteiger partial charge in [-0.1, -0.05) is 34.1 Å². The summed E-state index contributed by atoms with van der Waals surface area (Å²) in [5.74, 6) is 0.0685. The lowest BCUT2D eigenvalue weighted by Crippen LogP contribution is -2.47. The Kier molecular flexibility index (Phi) is 2.85. The van der Waals surface area contributed by atoms with E-state index in [0.717, 1.165) is 15.7 Å². The number of fused-ring (bicyclic) bond motifs is 4. The second-order valence-corrected chi connectivity index (χ2v) is 6.96. The van der Waals surface area contributed by atoms with Gasteiger partial charge >= 0.3 is 0 Å². The summed E-state index contributed by atoms with van der Waals surface area (Å²) < 4.78 is 0.936. The van der Waals surface area contributed by atoms with Crippen molar-refractivity contribution in [2.24, 2.45) is 0 Å². The molecule has 3 heterocycles. The van der Waals surface area contributed by atoms with Gasteiger partial charge in [0.2, 0.25) is 5.91 Å². The molecule has 1 N–H and O–H groups in total. The van der Waals surface area contributed by atoms with Gasteiger partial charge in [-0.3, -0.25) is 9.59 Å². The van der Waals surface area contributed by atoms with Crippen molar-refractivity contribution in [3.05, 3.63) is 52.7 Å². The number of anilines is 1. The highest BCUT2D eigenvalue weighted by Gasteiger charge is 2.62. The highest BCUT2D eigenvalue weighted by atomic mass is 79.9. The van der Waals surface area contributed by atoms with Gasteiger partial charge in [0.25, 0.3) is 0 Å². The van der Waals surface area contributed by atoms with Gasteiger partial charge in [0.05, 0.1) is 12.1 Å². The van der Waals surface area contributed by atoms with Crippen LogP contribution in [0.25, 0.3) is 0 Å². The fraction of sp³-hybridized carbons (Fsp3) is 0.294. The van der Waals surface area contributed by atoms with Gasteiger partial charge < -0.3 is 10.2 Å². The summed E-state index contributed by atoms with van der Waals surface area (Å²) in [6.45, 7) is 1.60. The second-order valence-electron chi connectivity index (χ2n) is 6.04. The van der Waals surface area contributed by atoms with Crippen molar-refractivity contribution in [1.29, 1.82) is 0 Å². The molecule has 5 heteroatoms. The van der Waals surface area contributed by atoms with Crippen molar-refractivity contribution in [3.63, 3.8) is 0 Å². The van der Waals surface area contributed by atoms with Crippen LogP contribution in [-0.2, 0) is 15.0 Å². The molecule has 1 aromatic carbocycles. The van der Waals surface area contributed by atoms with Crippen LogP contribution in [0.4, 0.5) is 5.69 Å². The third-order valence-electron chi connectivity index (χ3n) is 4.95. The van der Waals surface area contributed by atoms with Gasteiger partial charge in [-0.15, -0.1) is 0 Å². The largest absolute Gasteiger partial charge is 0.359 e. The minimum atomic E-state index is -0.715. The fourth-order valence-corrected chi connectivity index (χ4v) is 4.79. The summed E-state index contributed by atoms with van der Waals surface area (Å²) in [4.78, 5) is 27.0. The molecule has 1 saturated heterocycles. The van der Waals surface area contributed by atoms with Gasteiger partial charge in [0.15, 0.2) is 5.78 Å². The molecule has 3 aliphatic heterocycles.